The first kappa shape index (κ1) is 17.6. The van der Waals surface area contributed by atoms with Crippen molar-refractivity contribution in [2.45, 2.75) is 25.6 Å². The van der Waals surface area contributed by atoms with Crippen LogP contribution in [0.5, 0.6) is 0 Å². The van der Waals surface area contributed by atoms with Gasteiger partial charge >= 0.3 is 0 Å². The molecule has 2 N–H and O–H groups in total. The molecule has 2 atom stereocenters. The minimum atomic E-state index is -0.256. The third-order valence-corrected chi connectivity index (χ3v) is 3.28. The predicted molar refractivity (Wildman–Crippen MR) is 75.7 cm³/mol. The monoisotopic (exact) mass is 313 g/mol. The highest BCUT2D eigenvalue weighted by Crippen LogP contribution is 2.06. The van der Waals surface area contributed by atoms with E-state index in [2.05, 4.69) is 15.6 Å². The summed E-state index contributed by atoms with van der Waals surface area (Å²) in [4.78, 5) is 15.9. The highest BCUT2D eigenvalue weighted by Gasteiger charge is 2.27. The number of thiazole rings is 1. The van der Waals surface area contributed by atoms with Gasteiger partial charge in [0.05, 0.1) is 19.3 Å². The Balaban J connectivity index is 0.00000144. The topological polar surface area (TPSA) is 63.2 Å². The number of hydrogen-bond acceptors (Lipinski definition) is 5. The predicted octanol–water partition coefficient (Wildman–Crippen LogP) is 0.980. The number of halogens is 2. The zero-order valence-electron chi connectivity index (χ0n) is 9.92. The lowest BCUT2D eigenvalue weighted by Gasteiger charge is -2.29. The number of carbonyl (C=O) groups is 1. The number of aromatic nitrogens is 1. The van der Waals surface area contributed by atoms with Crippen LogP contribution in [0.3, 0.4) is 0 Å². The van der Waals surface area contributed by atoms with Crippen molar-refractivity contribution in [2.75, 3.05) is 13.2 Å². The van der Waals surface area contributed by atoms with Gasteiger partial charge in [-0.2, -0.15) is 0 Å². The van der Waals surface area contributed by atoms with E-state index in [1.807, 2.05) is 12.3 Å². The third-order valence-electron chi connectivity index (χ3n) is 2.50. The molecule has 0 aliphatic carbocycles. The van der Waals surface area contributed by atoms with Crippen LogP contribution in [-0.4, -0.2) is 36.2 Å². The fourth-order valence-corrected chi connectivity index (χ4v) is 2.20. The third kappa shape index (κ3) is 4.70. The molecule has 1 aliphatic rings. The van der Waals surface area contributed by atoms with Crippen molar-refractivity contribution in [3.05, 3.63) is 16.6 Å². The van der Waals surface area contributed by atoms with Crippen LogP contribution >= 0.6 is 36.2 Å². The molecule has 2 heterocycles. The van der Waals surface area contributed by atoms with Crippen LogP contribution in [0.1, 0.15) is 11.9 Å². The van der Waals surface area contributed by atoms with E-state index in [-0.39, 0.29) is 42.9 Å². The molecule has 0 saturated carbocycles. The maximum absolute atomic E-state index is 11.8. The quantitative estimate of drug-likeness (QED) is 0.873. The van der Waals surface area contributed by atoms with Crippen LogP contribution in [0.4, 0.5) is 0 Å². The van der Waals surface area contributed by atoms with Gasteiger partial charge in [-0.3, -0.25) is 4.79 Å². The molecule has 104 valence electrons. The fourth-order valence-electron chi connectivity index (χ4n) is 1.64. The van der Waals surface area contributed by atoms with Gasteiger partial charge in [-0.15, -0.1) is 36.2 Å². The van der Waals surface area contributed by atoms with E-state index < -0.39 is 0 Å². The Morgan fingerprint density at radius 2 is 2.44 bits per heavy atom. The zero-order valence-corrected chi connectivity index (χ0v) is 12.4. The molecule has 1 amide bonds. The van der Waals surface area contributed by atoms with Crippen molar-refractivity contribution in [3.63, 3.8) is 0 Å². The first-order valence-corrected chi connectivity index (χ1v) is 6.16. The van der Waals surface area contributed by atoms with Crippen molar-refractivity contribution in [1.29, 1.82) is 0 Å². The molecule has 2 rings (SSSR count). The van der Waals surface area contributed by atoms with Gasteiger partial charge in [0.15, 0.2) is 0 Å². The number of hydrogen-bond donors (Lipinski definition) is 2. The molecular weight excluding hydrogens is 297 g/mol. The molecule has 0 radical (unpaired) electrons. The lowest BCUT2D eigenvalue weighted by Crippen LogP contribution is -2.55. The summed E-state index contributed by atoms with van der Waals surface area (Å²) in [5.74, 6) is -0.0256. The SMILES string of the molecule is C[C@H]1OCCN[C@@H]1C(=O)NCc1nccs1.Cl.Cl. The van der Waals surface area contributed by atoms with Gasteiger partial charge in [0.2, 0.25) is 5.91 Å². The summed E-state index contributed by atoms with van der Waals surface area (Å²) in [7, 11) is 0. The van der Waals surface area contributed by atoms with Crippen LogP contribution in [-0.2, 0) is 16.1 Å². The van der Waals surface area contributed by atoms with Crippen LogP contribution < -0.4 is 10.6 Å². The minimum absolute atomic E-state index is 0. The molecule has 1 saturated heterocycles. The highest BCUT2D eigenvalue weighted by atomic mass is 35.5. The van der Waals surface area contributed by atoms with E-state index in [9.17, 15) is 4.79 Å². The number of amides is 1. The minimum Gasteiger partial charge on any atom is -0.375 e. The summed E-state index contributed by atoms with van der Waals surface area (Å²) in [5.41, 5.74) is 0. The standard InChI is InChI=1S/C10H15N3O2S.2ClH/c1-7-9(12-2-4-15-7)10(14)13-6-8-11-3-5-16-8;;/h3,5,7,9,12H,2,4,6H2,1H3,(H,13,14);2*1H/t7-,9+;;/m1../s1. The number of rotatable bonds is 3. The normalized spacial score (nSPS) is 22.5. The summed E-state index contributed by atoms with van der Waals surface area (Å²) in [5, 5.41) is 8.81. The molecule has 0 spiro atoms. The number of nitrogens with one attached hydrogen (secondary N) is 2. The van der Waals surface area contributed by atoms with E-state index in [1.165, 1.54) is 11.3 Å². The average Bonchev–Trinajstić information content (AvgIpc) is 2.79. The highest BCUT2D eigenvalue weighted by molar-refractivity contribution is 7.09. The number of nitrogens with zero attached hydrogens (tertiary/aromatic N) is 1. The second-order valence-corrected chi connectivity index (χ2v) is 4.63. The molecule has 0 bridgehead atoms. The molecular formula is C10H17Cl2N3O2S. The molecule has 1 aromatic heterocycles. The van der Waals surface area contributed by atoms with Gasteiger partial charge in [-0.05, 0) is 6.92 Å². The summed E-state index contributed by atoms with van der Waals surface area (Å²) < 4.78 is 5.41. The molecule has 5 nitrogen and oxygen atoms in total. The van der Waals surface area contributed by atoms with E-state index >= 15 is 0 Å². The van der Waals surface area contributed by atoms with E-state index in [0.29, 0.717) is 13.2 Å². The number of morpholine rings is 1. The van der Waals surface area contributed by atoms with E-state index in [1.54, 1.807) is 6.20 Å². The molecule has 1 fully saturated rings. The summed E-state index contributed by atoms with van der Waals surface area (Å²) >= 11 is 1.53. The Morgan fingerprint density at radius 1 is 1.67 bits per heavy atom. The number of carbonyl (C=O) groups excluding carboxylic acids is 1. The van der Waals surface area contributed by atoms with Gasteiger partial charge in [0.25, 0.3) is 0 Å². The van der Waals surface area contributed by atoms with Crippen molar-refractivity contribution in [3.8, 4) is 0 Å². The zero-order chi connectivity index (χ0) is 11.4. The molecule has 0 aromatic carbocycles. The van der Waals surface area contributed by atoms with Crippen LogP contribution in [0.25, 0.3) is 0 Å². The Kier molecular flexibility index (Phi) is 8.47. The maximum Gasteiger partial charge on any atom is 0.240 e. The van der Waals surface area contributed by atoms with Crippen molar-refractivity contribution >= 4 is 42.1 Å². The molecule has 1 aromatic rings. The molecule has 18 heavy (non-hydrogen) atoms. The Labute approximate surface area is 123 Å². The fraction of sp³-hybridized carbons (Fsp3) is 0.600. The van der Waals surface area contributed by atoms with Gasteiger partial charge in [-0.25, -0.2) is 4.98 Å². The Morgan fingerprint density at radius 3 is 3.06 bits per heavy atom. The van der Waals surface area contributed by atoms with Gasteiger partial charge < -0.3 is 15.4 Å². The van der Waals surface area contributed by atoms with Crippen LogP contribution in [0, 0.1) is 0 Å². The Hall–Kier alpha value is -0.400. The molecule has 0 unspecified atom stereocenters. The summed E-state index contributed by atoms with van der Waals surface area (Å²) in [6.07, 6.45) is 1.65. The second-order valence-electron chi connectivity index (χ2n) is 3.65. The van der Waals surface area contributed by atoms with E-state index in [0.717, 1.165) is 11.6 Å². The largest absolute Gasteiger partial charge is 0.375 e. The first-order valence-electron chi connectivity index (χ1n) is 5.28. The van der Waals surface area contributed by atoms with Crippen LogP contribution in [0.2, 0.25) is 0 Å². The van der Waals surface area contributed by atoms with Gasteiger partial charge in [0.1, 0.15) is 11.0 Å². The second kappa shape index (κ2) is 8.66. The van der Waals surface area contributed by atoms with Crippen molar-refractivity contribution < 1.29 is 9.53 Å². The lowest BCUT2D eigenvalue weighted by atomic mass is 10.1. The van der Waals surface area contributed by atoms with Gasteiger partial charge in [-0.1, -0.05) is 0 Å². The summed E-state index contributed by atoms with van der Waals surface area (Å²) in [6.45, 7) is 3.78. The smallest absolute Gasteiger partial charge is 0.240 e. The van der Waals surface area contributed by atoms with Crippen molar-refractivity contribution in [1.82, 2.24) is 15.6 Å². The average molecular weight is 314 g/mol. The van der Waals surface area contributed by atoms with Gasteiger partial charge in [0, 0.05) is 18.1 Å². The van der Waals surface area contributed by atoms with Crippen molar-refractivity contribution in [2.24, 2.45) is 0 Å². The molecule has 8 heteroatoms. The lowest BCUT2D eigenvalue weighted by molar-refractivity contribution is -0.129. The number of ether oxygens (including phenoxy) is 1. The first-order chi connectivity index (χ1) is 7.77. The molecule has 1 aliphatic heterocycles. The van der Waals surface area contributed by atoms with E-state index in [4.69, 9.17) is 4.74 Å². The summed E-state index contributed by atoms with van der Waals surface area (Å²) in [6, 6.07) is -0.256. The Bertz CT molecular complexity index is 351. The van der Waals surface area contributed by atoms with Crippen LogP contribution in [0.15, 0.2) is 11.6 Å². The maximum atomic E-state index is 11.8.